The van der Waals surface area contributed by atoms with Crippen LogP contribution >= 0.6 is 0 Å². The smallest absolute Gasteiger partial charge is 0.338 e. The molecule has 1 fully saturated rings. The summed E-state index contributed by atoms with van der Waals surface area (Å²) in [4.78, 5) is 24.3. The fourth-order valence-corrected chi connectivity index (χ4v) is 4.71. The molecule has 28 heavy (non-hydrogen) atoms. The maximum Gasteiger partial charge on any atom is 0.338 e. The van der Waals surface area contributed by atoms with Crippen molar-refractivity contribution in [1.82, 2.24) is 10.0 Å². The lowest BCUT2D eigenvalue weighted by molar-refractivity contribution is -0.125. The Bertz CT molecular complexity index is 814. The average molecular weight is 411 g/mol. The summed E-state index contributed by atoms with van der Waals surface area (Å²) in [5.74, 6) is -0.671. The second kappa shape index (κ2) is 9.05. The minimum Gasteiger partial charge on any atom is -0.452 e. The number of carbonyl (C=O) groups is 2. The SMILES string of the molecule is C[C@@H]1CCCC[C@H]1NC(=O)COC(=O)c1cccc(S(=O)(=O)NC(C)(C)C)c1. The van der Waals surface area contributed by atoms with Gasteiger partial charge in [-0.05, 0) is 57.7 Å². The number of benzene rings is 1. The second-order valence-electron chi connectivity index (χ2n) is 8.40. The Hall–Kier alpha value is -1.93. The first-order chi connectivity index (χ1) is 13.0. The van der Waals surface area contributed by atoms with E-state index in [1.54, 1.807) is 20.8 Å². The lowest BCUT2D eigenvalue weighted by Crippen LogP contribution is -2.42. The van der Waals surface area contributed by atoms with Crippen LogP contribution in [0.15, 0.2) is 29.2 Å². The highest BCUT2D eigenvalue weighted by atomic mass is 32.2. The number of carbonyl (C=O) groups excluding carboxylic acids is 2. The van der Waals surface area contributed by atoms with E-state index in [0.717, 1.165) is 19.3 Å². The summed E-state index contributed by atoms with van der Waals surface area (Å²) < 4.78 is 32.4. The molecule has 0 heterocycles. The predicted molar refractivity (Wildman–Crippen MR) is 106 cm³/mol. The molecule has 8 heteroatoms. The molecule has 1 aromatic rings. The standard InChI is InChI=1S/C20H30N2O5S/c1-14-8-5-6-11-17(14)21-18(23)13-27-19(24)15-9-7-10-16(12-15)28(25,26)22-20(2,3)4/h7,9-10,12,14,17,22H,5-6,8,11,13H2,1-4H3,(H,21,23)/t14-,17-/m1/s1. The molecule has 0 aliphatic heterocycles. The zero-order valence-corrected chi connectivity index (χ0v) is 17.8. The first-order valence-corrected chi connectivity index (χ1v) is 11.1. The van der Waals surface area contributed by atoms with E-state index >= 15 is 0 Å². The van der Waals surface area contributed by atoms with Crippen LogP contribution in [0, 0.1) is 5.92 Å². The third-order valence-electron chi connectivity index (χ3n) is 4.61. The van der Waals surface area contributed by atoms with Gasteiger partial charge in [-0.3, -0.25) is 4.79 Å². The summed E-state index contributed by atoms with van der Waals surface area (Å²) in [6.07, 6.45) is 4.26. The number of sulfonamides is 1. The molecule has 0 unspecified atom stereocenters. The Morgan fingerprint density at radius 2 is 1.86 bits per heavy atom. The Kier molecular flexibility index (Phi) is 7.22. The molecule has 0 saturated heterocycles. The zero-order chi connectivity index (χ0) is 20.9. The van der Waals surface area contributed by atoms with Crippen LogP contribution in [0.1, 0.15) is 63.7 Å². The summed E-state index contributed by atoms with van der Waals surface area (Å²) in [5.41, 5.74) is -0.570. The van der Waals surface area contributed by atoms with Gasteiger partial charge >= 0.3 is 5.97 Å². The minimum atomic E-state index is -3.77. The molecule has 0 bridgehead atoms. The number of ether oxygens (including phenoxy) is 1. The zero-order valence-electron chi connectivity index (χ0n) is 16.9. The summed E-state index contributed by atoms with van der Waals surface area (Å²) in [6.45, 7) is 6.91. The summed E-state index contributed by atoms with van der Waals surface area (Å²) in [5, 5.41) is 2.91. The summed E-state index contributed by atoms with van der Waals surface area (Å²) in [7, 11) is -3.77. The van der Waals surface area contributed by atoms with Crippen LogP contribution in [0.4, 0.5) is 0 Å². The molecule has 2 rings (SSSR count). The first kappa shape index (κ1) is 22.4. The van der Waals surface area contributed by atoms with Crippen molar-refractivity contribution in [2.45, 2.75) is 69.9 Å². The molecule has 1 amide bonds. The number of amides is 1. The van der Waals surface area contributed by atoms with Gasteiger partial charge in [0.2, 0.25) is 10.0 Å². The van der Waals surface area contributed by atoms with Crippen molar-refractivity contribution in [2.75, 3.05) is 6.61 Å². The molecule has 0 aromatic heterocycles. The monoisotopic (exact) mass is 410 g/mol. The lowest BCUT2D eigenvalue weighted by Gasteiger charge is -2.29. The predicted octanol–water partition coefficient (Wildman–Crippen LogP) is 2.62. The van der Waals surface area contributed by atoms with Gasteiger partial charge in [-0.1, -0.05) is 25.8 Å². The second-order valence-corrected chi connectivity index (χ2v) is 10.1. The fourth-order valence-electron chi connectivity index (χ4n) is 3.25. The molecule has 2 N–H and O–H groups in total. The molecular formula is C20H30N2O5S. The molecule has 156 valence electrons. The Morgan fingerprint density at radius 3 is 2.50 bits per heavy atom. The van der Waals surface area contributed by atoms with Crippen LogP contribution in [0.25, 0.3) is 0 Å². The number of rotatable bonds is 6. The van der Waals surface area contributed by atoms with Gasteiger partial charge in [0.1, 0.15) is 0 Å². The minimum absolute atomic E-state index is 0.0302. The van der Waals surface area contributed by atoms with Gasteiger partial charge in [0.05, 0.1) is 10.5 Å². The van der Waals surface area contributed by atoms with E-state index in [4.69, 9.17) is 4.74 Å². The molecule has 7 nitrogen and oxygen atoms in total. The van der Waals surface area contributed by atoms with Crippen LogP contribution in [0.3, 0.4) is 0 Å². The van der Waals surface area contributed by atoms with Crippen LogP contribution in [-0.2, 0) is 19.6 Å². The van der Waals surface area contributed by atoms with Crippen molar-refractivity contribution in [3.05, 3.63) is 29.8 Å². The highest BCUT2D eigenvalue weighted by molar-refractivity contribution is 7.89. The quantitative estimate of drug-likeness (QED) is 0.702. The molecule has 0 spiro atoms. The van der Waals surface area contributed by atoms with E-state index in [1.165, 1.54) is 30.7 Å². The maximum absolute atomic E-state index is 12.4. The molecule has 1 saturated carbocycles. The number of hydrogen-bond acceptors (Lipinski definition) is 5. The topological polar surface area (TPSA) is 102 Å². The molecule has 1 aliphatic rings. The summed E-state index contributed by atoms with van der Waals surface area (Å²) >= 11 is 0. The van der Waals surface area contributed by atoms with Crippen LogP contribution in [0.5, 0.6) is 0 Å². The molecule has 1 aromatic carbocycles. The van der Waals surface area contributed by atoms with E-state index in [9.17, 15) is 18.0 Å². The number of esters is 1. The normalized spacial score (nSPS) is 20.4. The van der Waals surface area contributed by atoms with Gasteiger partial charge in [-0.25, -0.2) is 17.9 Å². The van der Waals surface area contributed by atoms with Crippen LogP contribution in [0.2, 0.25) is 0 Å². The van der Waals surface area contributed by atoms with Gasteiger partial charge in [0, 0.05) is 11.6 Å². The third kappa shape index (κ3) is 6.60. The van der Waals surface area contributed by atoms with Crippen molar-refractivity contribution >= 4 is 21.9 Å². The van der Waals surface area contributed by atoms with Gasteiger partial charge < -0.3 is 10.1 Å². The van der Waals surface area contributed by atoms with Crippen molar-refractivity contribution in [1.29, 1.82) is 0 Å². The number of nitrogens with one attached hydrogen (secondary N) is 2. The van der Waals surface area contributed by atoms with Gasteiger partial charge in [-0.2, -0.15) is 0 Å². The third-order valence-corrected chi connectivity index (χ3v) is 6.37. The average Bonchev–Trinajstić information content (AvgIpc) is 2.60. The van der Waals surface area contributed by atoms with Crippen molar-refractivity contribution in [3.63, 3.8) is 0 Å². The van der Waals surface area contributed by atoms with E-state index < -0.39 is 21.5 Å². The van der Waals surface area contributed by atoms with E-state index in [1.807, 2.05) is 0 Å². The van der Waals surface area contributed by atoms with E-state index in [0.29, 0.717) is 5.92 Å². The fraction of sp³-hybridized carbons (Fsp3) is 0.600. The van der Waals surface area contributed by atoms with Gasteiger partial charge in [0.15, 0.2) is 6.61 Å². The first-order valence-electron chi connectivity index (χ1n) is 9.58. The van der Waals surface area contributed by atoms with Crippen molar-refractivity contribution in [2.24, 2.45) is 5.92 Å². The molecule has 2 atom stereocenters. The highest BCUT2D eigenvalue weighted by Crippen LogP contribution is 2.23. The van der Waals surface area contributed by atoms with E-state index in [-0.39, 0.29) is 29.0 Å². The molecular weight excluding hydrogens is 380 g/mol. The van der Waals surface area contributed by atoms with E-state index in [2.05, 4.69) is 17.0 Å². The Morgan fingerprint density at radius 1 is 1.18 bits per heavy atom. The summed E-state index contributed by atoms with van der Waals surface area (Å²) in [6, 6.07) is 5.69. The highest BCUT2D eigenvalue weighted by Gasteiger charge is 2.25. The van der Waals surface area contributed by atoms with Crippen molar-refractivity contribution in [3.8, 4) is 0 Å². The van der Waals surface area contributed by atoms with Crippen molar-refractivity contribution < 1.29 is 22.7 Å². The Labute approximate surface area is 167 Å². The largest absolute Gasteiger partial charge is 0.452 e. The maximum atomic E-state index is 12.4. The van der Waals surface area contributed by atoms with Gasteiger partial charge in [-0.15, -0.1) is 0 Å². The lowest BCUT2D eigenvalue weighted by atomic mass is 9.86. The Balaban J connectivity index is 1.96. The molecule has 0 radical (unpaired) electrons. The molecule has 1 aliphatic carbocycles. The van der Waals surface area contributed by atoms with Gasteiger partial charge in [0.25, 0.3) is 5.91 Å². The van der Waals surface area contributed by atoms with Crippen LogP contribution in [-0.4, -0.2) is 38.5 Å². The number of hydrogen-bond donors (Lipinski definition) is 2. The van der Waals surface area contributed by atoms with Crippen LogP contribution < -0.4 is 10.0 Å².